The molecule has 1 unspecified atom stereocenters. The second-order valence-corrected chi connectivity index (χ2v) is 3.78. The lowest BCUT2D eigenvalue weighted by molar-refractivity contribution is 0.631. The summed E-state index contributed by atoms with van der Waals surface area (Å²) in [6.07, 6.45) is 4.27. The number of benzene rings is 1. The molecule has 0 saturated carbocycles. The predicted octanol–water partition coefficient (Wildman–Crippen LogP) is 2.69. The van der Waals surface area contributed by atoms with Crippen LogP contribution in [0.2, 0.25) is 0 Å². The number of nitrogens with one attached hydrogen (secondary N) is 2. The Hall–Kier alpha value is -2.04. The minimum Gasteiger partial charge on any atom is -0.395 e. The van der Waals surface area contributed by atoms with Crippen molar-refractivity contribution in [3.8, 4) is 0 Å². The number of hydrogen-bond acceptors (Lipinski definition) is 3. The van der Waals surface area contributed by atoms with E-state index in [0.717, 1.165) is 12.2 Å². The number of imidazole rings is 1. The van der Waals surface area contributed by atoms with Crippen molar-refractivity contribution in [3.05, 3.63) is 42.2 Å². The molecule has 0 saturated heterocycles. The van der Waals surface area contributed by atoms with Crippen LogP contribution in [-0.2, 0) is 0 Å². The Morgan fingerprint density at radius 2 is 2.35 bits per heavy atom. The van der Waals surface area contributed by atoms with Crippen LogP contribution >= 0.6 is 0 Å². The first-order valence-electron chi connectivity index (χ1n) is 5.52. The molecule has 90 valence electrons. The van der Waals surface area contributed by atoms with Gasteiger partial charge in [0.05, 0.1) is 17.4 Å². The van der Waals surface area contributed by atoms with E-state index in [9.17, 15) is 4.39 Å². The van der Waals surface area contributed by atoms with Gasteiger partial charge in [-0.25, -0.2) is 9.37 Å². The van der Waals surface area contributed by atoms with Crippen molar-refractivity contribution in [3.63, 3.8) is 0 Å². The van der Waals surface area contributed by atoms with Crippen molar-refractivity contribution in [2.24, 2.45) is 0 Å². The molecule has 4 N–H and O–H groups in total. The Balaban J connectivity index is 2.22. The standard InChI is InChI=1S/C12H15FN4/c1-2-9(12-15-6-7-16-12)17-10-5-3-4-8(13)11(10)14/h3-7,9,17H,2,14H2,1H3,(H,15,16). The van der Waals surface area contributed by atoms with Crippen LogP contribution in [0.15, 0.2) is 30.6 Å². The highest BCUT2D eigenvalue weighted by molar-refractivity contribution is 5.66. The SMILES string of the molecule is CCC(Nc1cccc(F)c1N)c1ncc[nH]1. The number of nitrogen functional groups attached to an aromatic ring is 1. The lowest BCUT2D eigenvalue weighted by Gasteiger charge is -2.17. The van der Waals surface area contributed by atoms with Gasteiger partial charge in [0.25, 0.3) is 0 Å². The lowest BCUT2D eigenvalue weighted by atomic mass is 10.2. The maximum atomic E-state index is 13.3. The molecule has 0 amide bonds. The van der Waals surface area contributed by atoms with E-state index < -0.39 is 5.82 Å². The average Bonchev–Trinajstić information content (AvgIpc) is 2.85. The zero-order chi connectivity index (χ0) is 12.3. The number of aromatic amines is 1. The second kappa shape index (κ2) is 4.86. The highest BCUT2D eigenvalue weighted by atomic mass is 19.1. The number of halogens is 1. The van der Waals surface area contributed by atoms with Crippen LogP contribution < -0.4 is 11.1 Å². The van der Waals surface area contributed by atoms with E-state index >= 15 is 0 Å². The third-order valence-electron chi connectivity index (χ3n) is 2.64. The fourth-order valence-electron chi connectivity index (χ4n) is 1.68. The highest BCUT2D eigenvalue weighted by Crippen LogP contribution is 2.26. The summed E-state index contributed by atoms with van der Waals surface area (Å²) < 4.78 is 13.3. The second-order valence-electron chi connectivity index (χ2n) is 3.78. The Bertz CT molecular complexity index is 481. The first-order valence-corrected chi connectivity index (χ1v) is 5.52. The highest BCUT2D eigenvalue weighted by Gasteiger charge is 2.13. The first kappa shape index (κ1) is 11.4. The smallest absolute Gasteiger partial charge is 0.148 e. The van der Waals surface area contributed by atoms with Crippen molar-refractivity contribution in [2.45, 2.75) is 19.4 Å². The number of para-hydroxylation sites is 1. The van der Waals surface area contributed by atoms with E-state index in [1.807, 2.05) is 6.92 Å². The van der Waals surface area contributed by atoms with E-state index in [1.165, 1.54) is 6.07 Å². The van der Waals surface area contributed by atoms with Gasteiger partial charge in [0.2, 0.25) is 0 Å². The molecule has 1 atom stereocenters. The van der Waals surface area contributed by atoms with Gasteiger partial charge in [-0.15, -0.1) is 0 Å². The van der Waals surface area contributed by atoms with Crippen LogP contribution in [0.4, 0.5) is 15.8 Å². The number of nitrogens with zero attached hydrogens (tertiary/aromatic N) is 1. The maximum absolute atomic E-state index is 13.3. The Kier molecular flexibility index (Phi) is 3.27. The summed E-state index contributed by atoms with van der Waals surface area (Å²) in [7, 11) is 0. The van der Waals surface area contributed by atoms with Crippen molar-refractivity contribution in [2.75, 3.05) is 11.1 Å². The van der Waals surface area contributed by atoms with Crippen LogP contribution in [0.3, 0.4) is 0 Å². The number of H-pyrrole nitrogens is 1. The molecule has 1 aromatic heterocycles. The van der Waals surface area contributed by atoms with Gasteiger partial charge in [0.15, 0.2) is 0 Å². The van der Waals surface area contributed by atoms with Gasteiger partial charge in [-0.2, -0.15) is 0 Å². The predicted molar refractivity (Wildman–Crippen MR) is 66.1 cm³/mol. The molecule has 2 rings (SSSR count). The number of anilines is 2. The molecule has 17 heavy (non-hydrogen) atoms. The summed E-state index contributed by atoms with van der Waals surface area (Å²) >= 11 is 0. The summed E-state index contributed by atoms with van der Waals surface area (Å²) in [4.78, 5) is 7.22. The molecule has 1 aromatic carbocycles. The molecule has 0 aliphatic rings. The maximum Gasteiger partial charge on any atom is 0.148 e. The molecule has 0 bridgehead atoms. The zero-order valence-corrected chi connectivity index (χ0v) is 9.57. The van der Waals surface area contributed by atoms with Gasteiger partial charge in [0, 0.05) is 12.4 Å². The Labute approximate surface area is 99.1 Å². The molecule has 0 fully saturated rings. The number of hydrogen-bond donors (Lipinski definition) is 3. The van der Waals surface area contributed by atoms with Crippen molar-refractivity contribution in [1.82, 2.24) is 9.97 Å². The third-order valence-corrected chi connectivity index (χ3v) is 2.64. The lowest BCUT2D eigenvalue weighted by Crippen LogP contribution is -2.13. The molecular formula is C12H15FN4. The third kappa shape index (κ3) is 2.38. The van der Waals surface area contributed by atoms with Gasteiger partial charge in [-0.3, -0.25) is 0 Å². The molecular weight excluding hydrogens is 219 g/mol. The van der Waals surface area contributed by atoms with E-state index in [2.05, 4.69) is 15.3 Å². The largest absolute Gasteiger partial charge is 0.395 e. The summed E-state index contributed by atoms with van der Waals surface area (Å²) in [6.45, 7) is 2.02. The number of nitrogens with two attached hydrogens (primary N) is 1. The molecule has 1 heterocycles. The fraction of sp³-hybridized carbons (Fsp3) is 0.250. The van der Waals surface area contributed by atoms with Gasteiger partial charge in [0.1, 0.15) is 11.6 Å². The van der Waals surface area contributed by atoms with Crippen LogP contribution in [0.25, 0.3) is 0 Å². The first-order chi connectivity index (χ1) is 8.22. The van der Waals surface area contributed by atoms with Gasteiger partial charge < -0.3 is 16.0 Å². The quantitative estimate of drug-likeness (QED) is 0.712. The topological polar surface area (TPSA) is 66.7 Å². The number of aromatic nitrogens is 2. The molecule has 0 aliphatic heterocycles. The Morgan fingerprint density at radius 1 is 1.53 bits per heavy atom. The van der Waals surface area contributed by atoms with Crippen molar-refractivity contribution < 1.29 is 4.39 Å². The fourth-order valence-corrected chi connectivity index (χ4v) is 1.68. The van der Waals surface area contributed by atoms with Crippen molar-refractivity contribution >= 4 is 11.4 Å². The molecule has 5 heteroatoms. The normalized spacial score (nSPS) is 12.4. The summed E-state index contributed by atoms with van der Waals surface area (Å²) in [5, 5.41) is 3.18. The van der Waals surface area contributed by atoms with E-state index in [0.29, 0.717) is 5.69 Å². The monoisotopic (exact) mass is 234 g/mol. The molecule has 0 spiro atoms. The minimum atomic E-state index is -0.413. The van der Waals surface area contributed by atoms with E-state index in [4.69, 9.17) is 5.73 Å². The van der Waals surface area contributed by atoms with Crippen molar-refractivity contribution in [1.29, 1.82) is 0 Å². The van der Waals surface area contributed by atoms with Gasteiger partial charge in [-0.05, 0) is 18.6 Å². The molecule has 2 aromatic rings. The molecule has 0 radical (unpaired) electrons. The summed E-state index contributed by atoms with van der Waals surface area (Å²) in [6, 6.07) is 4.72. The van der Waals surface area contributed by atoms with Crippen LogP contribution in [0, 0.1) is 5.82 Å². The molecule has 4 nitrogen and oxygen atoms in total. The van der Waals surface area contributed by atoms with E-state index in [-0.39, 0.29) is 11.7 Å². The van der Waals surface area contributed by atoms with Crippen LogP contribution in [0.1, 0.15) is 25.2 Å². The average molecular weight is 234 g/mol. The zero-order valence-electron chi connectivity index (χ0n) is 9.57. The summed E-state index contributed by atoms with van der Waals surface area (Å²) in [5.41, 5.74) is 6.40. The number of rotatable bonds is 4. The van der Waals surface area contributed by atoms with Gasteiger partial charge in [-0.1, -0.05) is 13.0 Å². The minimum absolute atomic E-state index is 0.00546. The van der Waals surface area contributed by atoms with Gasteiger partial charge >= 0.3 is 0 Å². The molecule has 0 aliphatic carbocycles. The van der Waals surface area contributed by atoms with E-state index in [1.54, 1.807) is 24.5 Å². The van der Waals surface area contributed by atoms with Crippen LogP contribution in [-0.4, -0.2) is 9.97 Å². The van der Waals surface area contributed by atoms with Crippen LogP contribution in [0.5, 0.6) is 0 Å². The Morgan fingerprint density at radius 3 is 3.00 bits per heavy atom. The summed E-state index contributed by atoms with van der Waals surface area (Å²) in [5.74, 6) is 0.403.